The Kier molecular flexibility index (Phi) is 4.65. The number of para-hydroxylation sites is 4. The number of furan rings is 1. The van der Waals surface area contributed by atoms with E-state index in [-0.39, 0.29) is 0 Å². The van der Waals surface area contributed by atoms with E-state index in [4.69, 9.17) is 4.42 Å². The Labute approximate surface area is 252 Å². The minimum atomic E-state index is 0.905. The predicted molar refractivity (Wildman–Crippen MR) is 185 cm³/mol. The Morgan fingerprint density at radius 2 is 1.00 bits per heavy atom. The molecule has 0 aliphatic heterocycles. The lowest BCUT2D eigenvalue weighted by atomic mass is 9.99. The van der Waals surface area contributed by atoms with Crippen molar-refractivity contribution in [3.8, 4) is 11.4 Å². The number of hydrogen-bond donors (Lipinski definition) is 0. The van der Waals surface area contributed by atoms with Crippen molar-refractivity contribution in [2.24, 2.45) is 0 Å². The molecule has 0 amide bonds. The molecule has 0 N–H and O–H groups in total. The highest BCUT2D eigenvalue weighted by Gasteiger charge is 2.25. The molecule has 0 radical (unpaired) electrons. The Morgan fingerprint density at radius 1 is 0.455 bits per heavy atom. The van der Waals surface area contributed by atoms with Crippen molar-refractivity contribution in [2.45, 2.75) is 6.92 Å². The summed E-state index contributed by atoms with van der Waals surface area (Å²) in [6.45, 7) is 2.17. The van der Waals surface area contributed by atoms with Crippen LogP contribution in [0.5, 0.6) is 0 Å². The smallest absolute Gasteiger partial charge is 0.159 e. The van der Waals surface area contributed by atoms with Gasteiger partial charge in [-0.15, -0.1) is 0 Å². The average molecular weight is 563 g/mol. The number of hydrogen-bond acceptors (Lipinski definition) is 1. The number of benzene rings is 7. The Bertz CT molecular complexity index is 2790. The largest absolute Gasteiger partial charge is 0.454 e. The van der Waals surface area contributed by atoms with E-state index in [9.17, 15) is 0 Å². The van der Waals surface area contributed by atoms with Crippen LogP contribution in [0.1, 0.15) is 5.56 Å². The minimum absolute atomic E-state index is 0.905. The summed E-state index contributed by atoms with van der Waals surface area (Å²) in [6, 6.07) is 50.3. The van der Waals surface area contributed by atoms with E-state index >= 15 is 0 Å². The second kappa shape index (κ2) is 8.62. The summed E-state index contributed by atoms with van der Waals surface area (Å²) in [5.74, 6) is 0. The van der Waals surface area contributed by atoms with Gasteiger partial charge in [0.15, 0.2) is 5.58 Å². The highest BCUT2D eigenvalue weighted by atomic mass is 16.3. The van der Waals surface area contributed by atoms with Crippen LogP contribution in [-0.2, 0) is 0 Å². The van der Waals surface area contributed by atoms with Crippen molar-refractivity contribution in [3.63, 3.8) is 0 Å². The second-order valence-corrected chi connectivity index (χ2v) is 11.8. The summed E-state index contributed by atoms with van der Waals surface area (Å²) < 4.78 is 11.5. The van der Waals surface area contributed by atoms with Gasteiger partial charge in [0.05, 0.1) is 27.8 Å². The summed E-state index contributed by atoms with van der Waals surface area (Å²) in [5, 5.41) is 9.75. The highest BCUT2D eigenvalue weighted by molar-refractivity contribution is 6.37. The van der Waals surface area contributed by atoms with Crippen LogP contribution in [0.15, 0.2) is 144 Å². The lowest BCUT2D eigenvalue weighted by Gasteiger charge is -2.14. The molecular weight excluding hydrogens is 536 g/mol. The van der Waals surface area contributed by atoms with Crippen molar-refractivity contribution in [1.29, 1.82) is 0 Å². The standard InChI is InChI=1S/C41H26N2O/c1-25-12-10-13-26(24-25)42-33-20-7-4-17-31(33)37-38-32-18-5-8-21-34(32)43(40(38)29-16-3-2-15-28(29)39(37)42)35-22-11-19-30-27-14-6-9-23-36(27)44-41(30)35/h2-24H,1H3. The first kappa shape index (κ1) is 23.7. The second-order valence-electron chi connectivity index (χ2n) is 11.8. The van der Waals surface area contributed by atoms with Gasteiger partial charge in [0.25, 0.3) is 0 Å². The Morgan fingerprint density at radius 3 is 1.70 bits per heavy atom. The van der Waals surface area contributed by atoms with Gasteiger partial charge in [0.1, 0.15) is 5.58 Å². The van der Waals surface area contributed by atoms with Crippen LogP contribution in [0.25, 0.3) is 87.7 Å². The molecule has 3 heteroatoms. The Balaban J connectivity index is 1.50. The van der Waals surface area contributed by atoms with Gasteiger partial charge in [-0.05, 0) is 48.9 Å². The van der Waals surface area contributed by atoms with Crippen molar-refractivity contribution >= 4 is 76.3 Å². The molecule has 3 heterocycles. The first-order valence-electron chi connectivity index (χ1n) is 15.1. The fourth-order valence-electron chi connectivity index (χ4n) is 7.59. The summed E-state index contributed by atoms with van der Waals surface area (Å²) in [7, 11) is 0. The van der Waals surface area contributed by atoms with E-state index in [1.807, 2.05) is 6.07 Å². The van der Waals surface area contributed by atoms with E-state index in [0.717, 1.165) is 27.6 Å². The molecule has 10 aromatic rings. The fourth-order valence-corrected chi connectivity index (χ4v) is 7.59. The van der Waals surface area contributed by atoms with Gasteiger partial charge in [0, 0.05) is 48.8 Å². The average Bonchev–Trinajstić information content (AvgIpc) is 3.73. The number of aryl methyl sites for hydroxylation is 1. The van der Waals surface area contributed by atoms with E-state index < -0.39 is 0 Å². The highest BCUT2D eigenvalue weighted by Crippen LogP contribution is 2.47. The molecule has 7 aromatic carbocycles. The first-order valence-corrected chi connectivity index (χ1v) is 15.1. The molecule has 0 spiro atoms. The first-order chi connectivity index (χ1) is 21.8. The van der Waals surface area contributed by atoms with E-state index in [1.165, 1.54) is 65.6 Å². The topological polar surface area (TPSA) is 23.0 Å². The van der Waals surface area contributed by atoms with Crippen molar-refractivity contribution in [3.05, 3.63) is 145 Å². The summed E-state index contributed by atoms with van der Waals surface area (Å²) in [4.78, 5) is 0. The Hall–Kier alpha value is -5.80. The molecule has 3 aromatic heterocycles. The minimum Gasteiger partial charge on any atom is -0.454 e. The van der Waals surface area contributed by atoms with Crippen molar-refractivity contribution < 1.29 is 4.42 Å². The molecule has 0 aliphatic carbocycles. The van der Waals surface area contributed by atoms with Gasteiger partial charge in [-0.1, -0.05) is 103 Å². The molecule has 3 nitrogen and oxygen atoms in total. The van der Waals surface area contributed by atoms with Crippen LogP contribution < -0.4 is 0 Å². The van der Waals surface area contributed by atoms with Gasteiger partial charge in [-0.3, -0.25) is 0 Å². The zero-order valence-corrected chi connectivity index (χ0v) is 24.1. The van der Waals surface area contributed by atoms with Gasteiger partial charge in [-0.2, -0.15) is 0 Å². The summed E-state index contributed by atoms with van der Waals surface area (Å²) in [5.41, 5.74) is 10.1. The molecule has 0 saturated heterocycles. The number of rotatable bonds is 2. The molecule has 0 unspecified atom stereocenters. The molecule has 0 saturated carbocycles. The molecule has 44 heavy (non-hydrogen) atoms. The summed E-state index contributed by atoms with van der Waals surface area (Å²) in [6.07, 6.45) is 0. The molecule has 0 atom stereocenters. The fraction of sp³-hybridized carbons (Fsp3) is 0.0244. The van der Waals surface area contributed by atoms with E-state index in [1.54, 1.807) is 0 Å². The zero-order valence-electron chi connectivity index (χ0n) is 24.1. The third-order valence-corrected chi connectivity index (χ3v) is 9.32. The number of nitrogens with zero attached hydrogens (tertiary/aromatic N) is 2. The van der Waals surface area contributed by atoms with Gasteiger partial charge < -0.3 is 13.6 Å². The van der Waals surface area contributed by atoms with Crippen LogP contribution in [0, 0.1) is 6.92 Å². The SMILES string of the molecule is Cc1cccc(-n2c3ccccc3c3c4c5ccccc5n(-c5cccc6c5oc5ccccc56)c4c4ccccc4c32)c1. The third kappa shape index (κ3) is 3.00. The van der Waals surface area contributed by atoms with Gasteiger partial charge >= 0.3 is 0 Å². The zero-order chi connectivity index (χ0) is 28.9. The predicted octanol–water partition coefficient (Wildman–Crippen LogP) is 11.2. The molecular formula is C41H26N2O. The maximum absolute atomic E-state index is 6.62. The van der Waals surface area contributed by atoms with E-state index in [2.05, 4.69) is 150 Å². The normalized spacial score (nSPS) is 12.2. The van der Waals surface area contributed by atoms with Gasteiger partial charge in [-0.25, -0.2) is 0 Å². The molecule has 0 aliphatic rings. The van der Waals surface area contributed by atoms with Crippen molar-refractivity contribution in [1.82, 2.24) is 9.13 Å². The van der Waals surface area contributed by atoms with E-state index in [0.29, 0.717) is 0 Å². The van der Waals surface area contributed by atoms with Crippen LogP contribution in [0.3, 0.4) is 0 Å². The number of aromatic nitrogens is 2. The molecule has 0 bridgehead atoms. The van der Waals surface area contributed by atoms with Crippen LogP contribution in [0.2, 0.25) is 0 Å². The van der Waals surface area contributed by atoms with Crippen LogP contribution in [0.4, 0.5) is 0 Å². The molecule has 206 valence electrons. The monoisotopic (exact) mass is 562 g/mol. The lowest BCUT2D eigenvalue weighted by Crippen LogP contribution is -1.97. The number of fused-ring (bicyclic) bond motifs is 13. The quantitative estimate of drug-likeness (QED) is 0.205. The lowest BCUT2D eigenvalue weighted by molar-refractivity contribution is 0.666. The maximum Gasteiger partial charge on any atom is 0.159 e. The molecule has 0 fully saturated rings. The van der Waals surface area contributed by atoms with Gasteiger partial charge in [0.2, 0.25) is 0 Å². The third-order valence-electron chi connectivity index (χ3n) is 9.32. The molecule has 10 rings (SSSR count). The maximum atomic E-state index is 6.62. The van der Waals surface area contributed by atoms with Crippen molar-refractivity contribution in [2.75, 3.05) is 0 Å². The summed E-state index contributed by atoms with van der Waals surface area (Å²) >= 11 is 0. The van der Waals surface area contributed by atoms with Crippen LogP contribution >= 0.6 is 0 Å². The van der Waals surface area contributed by atoms with Crippen LogP contribution in [-0.4, -0.2) is 9.13 Å².